The van der Waals surface area contributed by atoms with Crippen LogP contribution in [-0.2, 0) is 6.54 Å². The van der Waals surface area contributed by atoms with Gasteiger partial charge in [0, 0.05) is 5.69 Å². The van der Waals surface area contributed by atoms with Crippen LogP contribution in [0.5, 0.6) is 5.75 Å². The third kappa shape index (κ3) is 4.81. The van der Waals surface area contributed by atoms with Crippen molar-refractivity contribution in [2.24, 2.45) is 10.7 Å². The fourth-order valence-corrected chi connectivity index (χ4v) is 2.31. The third-order valence-electron chi connectivity index (χ3n) is 3.14. The molecule has 22 heavy (non-hydrogen) atoms. The monoisotopic (exact) mass is 297 g/mol. The van der Waals surface area contributed by atoms with Crippen LogP contribution in [0.25, 0.3) is 0 Å². The first-order chi connectivity index (χ1) is 10.6. The fraction of sp³-hybridized carbons (Fsp3) is 0.278. The van der Waals surface area contributed by atoms with E-state index in [0.717, 1.165) is 17.0 Å². The second-order valence-electron chi connectivity index (χ2n) is 5.28. The van der Waals surface area contributed by atoms with Crippen molar-refractivity contribution in [1.29, 1.82) is 0 Å². The van der Waals surface area contributed by atoms with Gasteiger partial charge in [-0.1, -0.05) is 18.2 Å². The van der Waals surface area contributed by atoms with Crippen LogP contribution in [-0.4, -0.2) is 12.6 Å². The zero-order valence-corrected chi connectivity index (χ0v) is 13.4. The molecule has 0 saturated heterocycles. The van der Waals surface area contributed by atoms with Gasteiger partial charge in [0.15, 0.2) is 5.96 Å². The Balaban J connectivity index is 2.01. The molecule has 2 aromatic carbocycles. The first-order valence-electron chi connectivity index (χ1n) is 7.44. The predicted molar refractivity (Wildman–Crippen MR) is 92.5 cm³/mol. The minimum atomic E-state index is 0.409. The summed E-state index contributed by atoms with van der Waals surface area (Å²) in [6.07, 6.45) is 0. The number of nitrogens with zero attached hydrogens (tertiary/aromatic N) is 1. The first-order valence-corrected chi connectivity index (χ1v) is 7.44. The number of ether oxygens (including phenoxy) is 1. The van der Waals surface area contributed by atoms with E-state index in [1.165, 1.54) is 11.1 Å². The molecular weight excluding hydrogens is 274 g/mol. The fourth-order valence-electron chi connectivity index (χ4n) is 2.31. The smallest absolute Gasteiger partial charge is 0.193 e. The standard InChI is InChI=1S/C18H23N3O/c1-4-22-17-7-5-6-15(11-17)12-20-18(19)21-16-9-13(2)8-14(3)10-16/h5-11H,4,12H2,1-3H3,(H3,19,20,21). The number of hydrogen-bond donors (Lipinski definition) is 2. The highest BCUT2D eigenvalue weighted by Crippen LogP contribution is 2.15. The Morgan fingerprint density at radius 2 is 1.86 bits per heavy atom. The molecule has 0 aliphatic rings. The van der Waals surface area contributed by atoms with Crippen molar-refractivity contribution in [3.05, 3.63) is 59.2 Å². The quantitative estimate of drug-likeness (QED) is 0.654. The number of nitrogens with two attached hydrogens (primary N) is 1. The number of hydrogen-bond acceptors (Lipinski definition) is 2. The minimum Gasteiger partial charge on any atom is -0.494 e. The highest BCUT2D eigenvalue weighted by molar-refractivity contribution is 5.92. The molecule has 0 heterocycles. The first kappa shape index (κ1) is 15.9. The zero-order valence-electron chi connectivity index (χ0n) is 13.4. The molecule has 0 bridgehead atoms. The Morgan fingerprint density at radius 3 is 2.55 bits per heavy atom. The van der Waals surface area contributed by atoms with Crippen LogP contribution in [0.2, 0.25) is 0 Å². The van der Waals surface area contributed by atoms with Gasteiger partial charge < -0.3 is 15.8 Å². The number of anilines is 1. The number of aryl methyl sites for hydroxylation is 2. The van der Waals surface area contributed by atoms with Gasteiger partial charge in [-0.2, -0.15) is 0 Å². The van der Waals surface area contributed by atoms with Crippen LogP contribution in [0.3, 0.4) is 0 Å². The van der Waals surface area contributed by atoms with E-state index in [2.05, 4.69) is 30.2 Å². The second kappa shape index (κ2) is 7.50. The molecule has 0 unspecified atom stereocenters. The summed E-state index contributed by atoms with van der Waals surface area (Å²) in [6, 6.07) is 14.1. The van der Waals surface area contributed by atoms with E-state index >= 15 is 0 Å². The summed E-state index contributed by atoms with van der Waals surface area (Å²) in [5.74, 6) is 1.27. The third-order valence-corrected chi connectivity index (χ3v) is 3.14. The molecule has 0 aromatic heterocycles. The maximum atomic E-state index is 5.96. The molecular formula is C18H23N3O. The second-order valence-corrected chi connectivity index (χ2v) is 5.28. The Kier molecular flexibility index (Phi) is 5.42. The van der Waals surface area contributed by atoms with Crippen molar-refractivity contribution in [3.8, 4) is 5.75 Å². The van der Waals surface area contributed by atoms with E-state index in [1.807, 2.05) is 43.3 Å². The van der Waals surface area contributed by atoms with Gasteiger partial charge in [-0.25, -0.2) is 4.99 Å². The summed E-state index contributed by atoms with van der Waals surface area (Å²) in [7, 11) is 0. The molecule has 116 valence electrons. The largest absolute Gasteiger partial charge is 0.494 e. The average Bonchev–Trinajstić information content (AvgIpc) is 2.45. The predicted octanol–water partition coefficient (Wildman–Crippen LogP) is 3.63. The topological polar surface area (TPSA) is 59.6 Å². The zero-order chi connectivity index (χ0) is 15.9. The van der Waals surface area contributed by atoms with Gasteiger partial charge in [0.25, 0.3) is 0 Å². The molecule has 2 aromatic rings. The lowest BCUT2D eigenvalue weighted by Crippen LogP contribution is -2.22. The summed E-state index contributed by atoms with van der Waals surface area (Å²) in [4.78, 5) is 4.38. The van der Waals surface area contributed by atoms with Crippen LogP contribution < -0.4 is 15.8 Å². The lowest BCUT2D eigenvalue weighted by molar-refractivity contribution is 0.340. The van der Waals surface area contributed by atoms with Crippen molar-refractivity contribution in [2.45, 2.75) is 27.3 Å². The van der Waals surface area contributed by atoms with Gasteiger partial charge in [-0.15, -0.1) is 0 Å². The normalized spacial score (nSPS) is 11.3. The molecule has 2 rings (SSSR count). The molecule has 0 fully saturated rings. The van der Waals surface area contributed by atoms with E-state index in [1.54, 1.807) is 0 Å². The van der Waals surface area contributed by atoms with Crippen LogP contribution in [0.15, 0.2) is 47.5 Å². The number of benzene rings is 2. The highest BCUT2D eigenvalue weighted by atomic mass is 16.5. The average molecular weight is 297 g/mol. The summed E-state index contributed by atoms with van der Waals surface area (Å²) in [5.41, 5.74) is 10.4. The number of rotatable bonds is 5. The van der Waals surface area contributed by atoms with Gasteiger partial charge in [-0.05, 0) is 61.7 Å². The van der Waals surface area contributed by atoms with E-state index in [0.29, 0.717) is 19.1 Å². The molecule has 0 radical (unpaired) electrons. The number of nitrogens with one attached hydrogen (secondary N) is 1. The van der Waals surface area contributed by atoms with Crippen LogP contribution in [0, 0.1) is 13.8 Å². The Morgan fingerprint density at radius 1 is 1.14 bits per heavy atom. The van der Waals surface area contributed by atoms with Crippen LogP contribution in [0.1, 0.15) is 23.6 Å². The van der Waals surface area contributed by atoms with Gasteiger partial charge in [-0.3, -0.25) is 0 Å². The number of aliphatic imine (C=N–C) groups is 1. The van der Waals surface area contributed by atoms with Gasteiger partial charge in [0.05, 0.1) is 13.2 Å². The molecule has 0 aliphatic carbocycles. The van der Waals surface area contributed by atoms with E-state index in [9.17, 15) is 0 Å². The number of guanidine groups is 1. The molecule has 0 atom stereocenters. The van der Waals surface area contributed by atoms with E-state index in [4.69, 9.17) is 10.5 Å². The molecule has 4 nitrogen and oxygen atoms in total. The van der Waals surface area contributed by atoms with Crippen molar-refractivity contribution in [3.63, 3.8) is 0 Å². The van der Waals surface area contributed by atoms with Crippen molar-refractivity contribution >= 4 is 11.6 Å². The molecule has 0 amide bonds. The van der Waals surface area contributed by atoms with E-state index < -0.39 is 0 Å². The van der Waals surface area contributed by atoms with Crippen molar-refractivity contribution in [2.75, 3.05) is 11.9 Å². The maximum Gasteiger partial charge on any atom is 0.193 e. The Hall–Kier alpha value is -2.49. The van der Waals surface area contributed by atoms with Crippen molar-refractivity contribution < 1.29 is 4.74 Å². The lowest BCUT2D eigenvalue weighted by Gasteiger charge is -2.08. The Bertz CT molecular complexity index is 645. The summed E-state index contributed by atoms with van der Waals surface area (Å²) in [5, 5.41) is 3.13. The van der Waals surface area contributed by atoms with E-state index in [-0.39, 0.29) is 0 Å². The summed E-state index contributed by atoms with van der Waals surface area (Å²) >= 11 is 0. The van der Waals surface area contributed by atoms with Crippen LogP contribution in [0.4, 0.5) is 5.69 Å². The lowest BCUT2D eigenvalue weighted by atomic mass is 10.1. The SMILES string of the molecule is CCOc1cccc(CN=C(N)Nc2cc(C)cc(C)c2)c1. The minimum absolute atomic E-state index is 0.409. The molecule has 0 saturated carbocycles. The van der Waals surface area contributed by atoms with Crippen molar-refractivity contribution in [1.82, 2.24) is 0 Å². The van der Waals surface area contributed by atoms with Gasteiger partial charge >= 0.3 is 0 Å². The van der Waals surface area contributed by atoms with Gasteiger partial charge in [0.2, 0.25) is 0 Å². The Labute approximate surface area is 132 Å². The summed E-state index contributed by atoms with van der Waals surface area (Å²) < 4.78 is 5.48. The maximum absolute atomic E-state index is 5.96. The highest BCUT2D eigenvalue weighted by Gasteiger charge is 1.99. The molecule has 4 heteroatoms. The molecule has 3 N–H and O–H groups in total. The molecule has 0 spiro atoms. The van der Waals surface area contributed by atoms with Crippen LogP contribution >= 0.6 is 0 Å². The molecule has 0 aliphatic heterocycles. The van der Waals surface area contributed by atoms with Gasteiger partial charge in [0.1, 0.15) is 5.75 Å². The summed E-state index contributed by atoms with van der Waals surface area (Å²) in [6.45, 7) is 7.26.